The maximum atomic E-state index is 15.6. The van der Waals surface area contributed by atoms with Crippen LogP contribution in [0.1, 0.15) is 29.3 Å². The number of anilines is 2. The van der Waals surface area contributed by atoms with Gasteiger partial charge in [-0.3, -0.25) is 9.98 Å². The third-order valence-electron chi connectivity index (χ3n) is 6.44. The van der Waals surface area contributed by atoms with E-state index in [0.29, 0.717) is 29.3 Å². The molecule has 2 aromatic carbocycles. The fraction of sp³-hybridized carbons (Fsp3) is 0.241. The Morgan fingerprint density at radius 2 is 1.76 bits per heavy atom. The molecule has 1 aliphatic rings. The molecule has 2 N–H and O–H groups in total. The average Bonchev–Trinajstić information content (AvgIpc) is 2.90. The molecular formula is C29H31F2N5O2. The molecule has 38 heavy (non-hydrogen) atoms. The van der Waals surface area contributed by atoms with Gasteiger partial charge in [-0.2, -0.15) is 0 Å². The monoisotopic (exact) mass is 519 g/mol. The maximum absolute atomic E-state index is 15.6. The number of pyridine rings is 1. The van der Waals surface area contributed by atoms with Crippen molar-refractivity contribution in [2.24, 2.45) is 10.7 Å². The zero-order chi connectivity index (χ0) is 27.6. The number of allylic oxidation sites excluding steroid dienone is 2. The van der Waals surface area contributed by atoms with E-state index >= 15 is 8.78 Å². The third-order valence-corrected chi connectivity index (χ3v) is 6.44. The van der Waals surface area contributed by atoms with Crippen LogP contribution in [0.15, 0.2) is 65.7 Å². The normalized spacial score (nSPS) is 14.0. The highest BCUT2D eigenvalue weighted by molar-refractivity contribution is 6.10. The zero-order valence-corrected chi connectivity index (χ0v) is 22.2. The molecule has 0 amide bonds. The van der Waals surface area contributed by atoms with Gasteiger partial charge in [0.15, 0.2) is 23.1 Å². The first-order chi connectivity index (χ1) is 18.2. The van der Waals surface area contributed by atoms with Crippen LogP contribution in [0.5, 0.6) is 11.5 Å². The summed E-state index contributed by atoms with van der Waals surface area (Å²) in [4.78, 5) is 12.1. The highest BCUT2D eigenvalue weighted by Gasteiger charge is 2.33. The number of hydrogen-bond acceptors (Lipinski definition) is 7. The van der Waals surface area contributed by atoms with E-state index in [1.54, 1.807) is 26.4 Å². The number of nitrogens with two attached hydrogens (primary N) is 1. The quantitative estimate of drug-likeness (QED) is 0.411. The SMILES string of the molecule is C=C1N(Cc2ccc(C)cc2)c2cc(C(C=NC)=C(C)N)ncc2CN1c1c(F)c(OC)cc(OC)c1F. The topological polar surface area (TPSA) is 76.2 Å². The lowest BCUT2D eigenvalue weighted by Crippen LogP contribution is -2.40. The summed E-state index contributed by atoms with van der Waals surface area (Å²) < 4.78 is 41.4. The van der Waals surface area contributed by atoms with Crippen LogP contribution in [0.4, 0.5) is 20.2 Å². The van der Waals surface area contributed by atoms with E-state index < -0.39 is 11.6 Å². The lowest BCUT2D eigenvalue weighted by Gasteiger charge is -2.41. The molecule has 7 nitrogen and oxygen atoms in total. The van der Waals surface area contributed by atoms with Crippen LogP contribution >= 0.6 is 0 Å². The van der Waals surface area contributed by atoms with Gasteiger partial charge in [0.05, 0.1) is 32.1 Å². The number of ether oxygens (including phenoxy) is 2. The molecule has 0 spiro atoms. The number of aromatic nitrogens is 1. The fourth-order valence-corrected chi connectivity index (χ4v) is 4.41. The first-order valence-electron chi connectivity index (χ1n) is 12.0. The van der Waals surface area contributed by atoms with Crippen molar-refractivity contribution in [1.29, 1.82) is 0 Å². The van der Waals surface area contributed by atoms with Gasteiger partial charge in [-0.05, 0) is 25.5 Å². The molecule has 0 saturated carbocycles. The molecule has 1 aromatic heterocycles. The Kier molecular flexibility index (Phi) is 7.66. The van der Waals surface area contributed by atoms with Gasteiger partial charge in [-0.1, -0.05) is 36.4 Å². The molecule has 0 radical (unpaired) electrons. The molecule has 0 saturated heterocycles. The Morgan fingerprint density at radius 1 is 1.13 bits per heavy atom. The molecule has 4 rings (SSSR count). The van der Waals surface area contributed by atoms with Gasteiger partial charge >= 0.3 is 0 Å². The molecule has 1 aliphatic heterocycles. The molecule has 3 aromatic rings. The summed E-state index contributed by atoms with van der Waals surface area (Å²) in [7, 11) is 4.30. The summed E-state index contributed by atoms with van der Waals surface area (Å²) in [6, 6.07) is 11.1. The summed E-state index contributed by atoms with van der Waals surface area (Å²) in [5, 5.41) is 0. The largest absolute Gasteiger partial charge is 0.493 e. The van der Waals surface area contributed by atoms with E-state index in [1.807, 2.05) is 42.2 Å². The second-order valence-corrected chi connectivity index (χ2v) is 9.01. The number of halogens is 2. The van der Waals surface area contributed by atoms with Crippen molar-refractivity contribution in [3.63, 3.8) is 0 Å². The van der Waals surface area contributed by atoms with Crippen molar-refractivity contribution in [3.05, 3.63) is 94.7 Å². The fourth-order valence-electron chi connectivity index (χ4n) is 4.41. The number of nitrogens with zero attached hydrogens (tertiary/aromatic N) is 4. The average molecular weight is 520 g/mol. The smallest absolute Gasteiger partial charge is 0.191 e. The number of methoxy groups -OCH3 is 2. The van der Waals surface area contributed by atoms with Crippen LogP contribution in [0, 0.1) is 18.6 Å². The Bertz CT molecular complexity index is 1400. The Balaban J connectivity index is 1.90. The van der Waals surface area contributed by atoms with Gasteiger partial charge in [0, 0.05) is 48.9 Å². The van der Waals surface area contributed by atoms with Crippen molar-refractivity contribution in [1.82, 2.24) is 4.98 Å². The van der Waals surface area contributed by atoms with Gasteiger partial charge in [0.2, 0.25) is 0 Å². The van der Waals surface area contributed by atoms with Gasteiger partial charge in [0.25, 0.3) is 0 Å². The van der Waals surface area contributed by atoms with Crippen LogP contribution in [-0.2, 0) is 13.1 Å². The second kappa shape index (κ2) is 10.9. The van der Waals surface area contributed by atoms with Crippen LogP contribution in [0.25, 0.3) is 5.57 Å². The number of benzene rings is 2. The lowest BCUT2D eigenvalue weighted by atomic mass is 10.0. The third kappa shape index (κ3) is 4.91. The van der Waals surface area contributed by atoms with Crippen molar-refractivity contribution in [2.45, 2.75) is 26.9 Å². The molecule has 0 unspecified atom stereocenters. The Hall–Kier alpha value is -4.40. The minimum absolute atomic E-state index is 0.124. The van der Waals surface area contributed by atoms with E-state index in [2.05, 4.69) is 16.6 Å². The van der Waals surface area contributed by atoms with Crippen molar-refractivity contribution in [2.75, 3.05) is 31.1 Å². The van der Waals surface area contributed by atoms with Crippen LogP contribution in [0.3, 0.4) is 0 Å². The van der Waals surface area contributed by atoms with Crippen LogP contribution in [-0.4, -0.2) is 32.5 Å². The summed E-state index contributed by atoms with van der Waals surface area (Å²) in [5.41, 5.74) is 11.4. The molecule has 198 valence electrons. The molecule has 9 heteroatoms. The molecule has 2 heterocycles. The summed E-state index contributed by atoms with van der Waals surface area (Å²) in [5.74, 6) is -1.59. The number of aryl methyl sites for hydroxylation is 1. The first-order valence-corrected chi connectivity index (χ1v) is 12.0. The zero-order valence-electron chi connectivity index (χ0n) is 22.2. The van der Waals surface area contributed by atoms with Crippen molar-refractivity contribution >= 4 is 23.2 Å². The minimum Gasteiger partial charge on any atom is -0.493 e. The standard InChI is InChI=1S/C29H31F2N5O2/c1-17-7-9-20(10-8-17)15-35-19(3)36(29-27(30)25(37-5)12-26(38-6)28(29)31)16-21-13-34-23(11-24(21)35)22(14-33-4)18(2)32/h7-14H,3,15-16,32H2,1-2,4-6H3. The Morgan fingerprint density at radius 3 is 2.32 bits per heavy atom. The maximum Gasteiger partial charge on any atom is 0.191 e. The van der Waals surface area contributed by atoms with Crippen LogP contribution < -0.4 is 25.0 Å². The number of fused-ring (bicyclic) bond motifs is 1. The lowest BCUT2D eigenvalue weighted by molar-refractivity contribution is 0.358. The number of aliphatic imine (C=N–C) groups is 1. The van der Waals surface area contributed by atoms with Crippen LogP contribution in [0.2, 0.25) is 0 Å². The first kappa shape index (κ1) is 26.7. The molecular weight excluding hydrogens is 488 g/mol. The van der Waals surface area contributed by atoms with E-state index in [-0.39, 0.29) is 23.7 Å². The number of hydrogen-bond donors (Lipinski definition) is 1. The summed E-state index contributed by atoms with van der Waals surface area (Å²) in [6.07, 6.45) is 3.34. The van der Waals surface area contributed by atoms with E-state index in [9.17, 15) is 0 Å². The van der Waals surface area contributed by atoms with E-state index in [0.717, 1.165) is 22.4 Å². The molecule has 0 aliphatic carbocycles. The van der Waals surface area contributed by atoms with Crippen molar-refractivity contribution in [3.8, 4) is 11.5 Å². The molecule has 0 bridgehead atoms. The van der Waals surface area contributed by atoms with E-state index in [1.165, 1.54) is 25.2 Å². The Labute approximate surface area is 221 Å². The molecule has 0 atom stereocenters. The van der Waals surface area contributed by atoms with Crippen molar-refractivity contribution < 1.29 is 18.3 Å². The summed E-state index contributed by atoms with van der Waals surface area (Å²) >= 11 is 0. The van der Waals surface area contributed by atoms with E-state index in [4.69, 9.17) is 15.2 Å². The minimum atomic E-state index is -0.849. The molecule has 0 fully saturated rings. The number of rotatable bonds is 7. The summed E-state index contributed by atoms with van der Waals surface area (Å²) in [6.45, 7) is 8.58. The predicted octanol–water partition coefficient (Wildman–Crippen LogP) is 5.57. The van der Waals surface area contributed by atoms with Gasteiger partial charge in [0.1, 0.15) is 11.5 Å². The highest BCUT2D eigenvalue weighted by Crippen LogP contribution is 2.43. The van der Waals surface area contributed by atoms with Gasteiger partial charge < -0.3 is 25.0 Å². The van der Waals surface area contributed by atoms with Gasteiger partial charge in [-0.25, -0.2) is 8.78 Å². The second-order valence-electron chi connectivity index (χ2n) is 9.01. The highest BCUT2D eigenvalue weighted by atomic mass is 19.1. The predicted molar refractivity (Wildman–Crippen MR) is 148 cm³/mol. The van der Waals surface area contributed by atoms with Gasteiger partial charge in [-0.15, -0.1) is 0 Å².